The van der Waals surface area contributed by atoms with E-state index in [2.05, 4.69) is 292 Å². The molecule has 24 aromatic rings. The molecule has 0 amide bonds. The molecule has 0 fully saturated rings. The second-order valence-electron chi connectivity index (χ2n) is 27.3. The molecule has 15 aromatic carbocycles. The molecule has 0 aliphatic heterocycles. The van der Waals surface area contributed by atoms with E-state index >= 15 is 0 Å². The number of rotatable bonds is 6. The summed E-state index contributed by atoms with van der Waals surface area (Å²) in [7, 11) is 0. The van der Waals surface area contributed by atoms with Crippen molar-refractivity contribution in [3.63, 3.8) is 0 Å². The van der Waals surface area contributed by atoms with Crippen LogP contribution in [0.4, 0.5) is 0 Å². The highest BCUT2D eigenvalue weighted by Gasteiger charge is 2.26. The fourth-order valence-corrected chi connectivity index (χ4v) is 19.1. The second-order valence-corrected chi connectivity index (χ2v) is 29.4. The monoisotopic (exact) mass is 1370 g/mol. The molecule has 0 saturated heterocycles. The summed E-state index contributed by atoms with van der Waals surface area (Å²) in [6.45, 7) is 0. The van der Waals surface area contributed by atoms with Gasteiger partial charge in [-0.05, 0) is 101 Å². The predicted octanol–water partition coefficient (Wildman–Crippen LogP) is 26.0. The number of nitrogens with zero attached hydrogens (tertiary/aromatic N) is 6. The van der Waals surface area contributed by atoms with Gasteiger partial charge in [-0.3, -0.25) is 4.57 Å². The third-order valence-corrected chi connectivity index (χ3v) is 23.9. The first-order valence-corrected chi connectivity index (χ1v) is 37.0. The first-order valence-electron chi connectivity index (χ1n) is 35.3. The highest BCUT2D eigenvalue weighted by atomic mass is 32.1. The third kappa shape index (κ3) is 8.80. The number of aromatic amines is 2. The molecule has 0 unspecified atom stereocenters. The number of furan rings is 1. The Kier molecular flexibility index (Phi) is 12.4. The van der Waals surface area contributed by atoms with Gasteiger partial charge in [0.2, 0.25) is 0 Å². The van der Waals surface area contributed by atoms with Crippen molar-refractivity contribution >= 4 is 194 Å². The van der Waals surface area contributed by atoms with Crippen LogP contribution in [0, 0.1) is 0 Å². The largest absolute Gasteiger partial charge is 0.450 e. The Morgan fingerprint density at radius 3 is 1.53 bits per heavy atom. The molecular formula is C94H54N8OS2. The van der Waals surface area contributed by atoms with Gasteiger partial charge in [0.25, 0.3) is 0 Å². The van der Waals surface area contributed by atoms with Crippen LogP contribution in [0.3, 0.4) is 0 Å². The van der Waals surface area contributed by atoms with E-state index < -0.39 is 0 Å². The lowest BCUT2D eigenvalue weighted by molar-refractivity contribution is 0.662. The third-order valence-electron chi connectivity index (χ3n) is 21.5. The summed E-state index contributed by atoms with van der Waals surface area (Å²) in [5, 5.41) is 19.4. The molecule has 9 aromatic heterocycles. The van der Waals surface area contributed by atoms with Gasteiger partial charge in [-0.1, -0.05) is 237 Å². The lowest BCUT2D eigenvalue weighted by atomic mass is 10.0. The lowest BCUT2D eigenvalue weighted by Gasteiger charge is -2.12. The second kappa shape index (κ2) is 22.5. The van der Waals surface area contributed by atoms with Crippen molar-refractivity contribution < 1.29 is 4.42 Å². The number of hydrogen-bond donors (Lipinski definition) is 2. The van der Waals surface area contributed by atoms with E-state index in [1.165, 1.54) is 111 Å². The Labute approximate surface area is 605 Å². The maximum atomic E-state index is 6.65. The van der Waals surface area contributed by atoms with Gasteiger partial charge in [0, 0.05) is 118 Å². The van der Waals surface area contributed by atoms with Gasteiger partial charge in [-0.15, -0.1) is 22.7 Å². The first kappa shape index (κ1) is 58.1. The average molecular weight is 1380 g/mol. The Morgan fingerprint density at radius 1 is 0.305 bits per heavy atom. The van der Waals surface area contributed by atoms with Crippen molar-refractivity contribution in [3.8, 4) is 56.7 Å². The van der Waals surface area contributed by atoms with E-state index in [1.54, 1.807) is 0 Å². The lowest BCUT2D eigenvalue weighted by Crippen LogP contribution is -2.02. The number of H-pyrrole nitrogens is 2. The molecule has 0 spiro atoms. The van der Waals surface area contributed by atoms with Crippen molar-refractivity contribution in [2.45, 2.75) is 0 Å². The SMILES string of the molecule is c1ccc(-c2nc(-c3ccc(-c4cccc(-n5c6ccccc6c6cc7c(cc65)sc5c7ccc6c7ccccc7[nH]c65)c4)cc3)c3ccccc3n2)cc1.c1ccc2c(-c3nc(-n4c5ccccc5c5cc6c(cc54)sc4c6ccc5c6ccccc6[nH]c54)c4oc5ccccc5c4n3)cccc2c1. The zero-order chi connectivity index (χ0) is 68.5. The van der Waals surface area contributed by atoms with Gasteiger partial charge >= 0.3 is 0 Å². The fourth-order valence-electron chi connectivity index (χ4n) is 16.7. The summed E-state index contributed by atoms with van der Waals surface area (Å²) in [5.74, 6) is 2.14. The standard InChI is InChI=1S/C50H30N4S.C44H24N4OS/c1-2-11-32(12-3-1)50-52-43-19-8-5-17-39(43)47(53-50)31-23-21-30(22-24-31)33-13-10-14-34(27-33)54-44-20-9-6-16-36(44)40-28-41-38-26-25-37-35-15-4-7-18-42(35)51-48(37)49(38)55-46(41)29-45(40)54;1-2-12-25-24(10-1)11-9-16-30(25)43-46-39-31-15-5-8-19-37(31)49-41(39)44(47-43)48-35-18-7-4-14-27(35)32-22-33-29-21-20-28-26-13-3-6-17-34(26)45-40(28)42(29)50-38(33)23-36(32)48/h1-29,51H;1-23,45H. The molecule has 9 heterocycles. The van der Waals surface area contributed by atoms with Crippen LogP contribution >= 0.6 is 22.7 Å². The number of aromatic nitrogens is 8. The van der Waals surface area contributed by atoms with Gasteiger partial charge in [-0.25, -0.2) is 19.9 Å². The van der Waals surface area contributed by atoms with Gasteiger partial charge in [-0.2, -0.15) is 0 Å². The summed E-state index contributed by atoms with van der Waals surface area (Å²) in [6.07, 6.45) is 0. The maximum Gasteiger partial charge on any atom is 0.197 e. The van der Waals surface area contributed by atoms with Gasteiger partial charge in [0.1, 0.15) is 11.1 Å². The predicted molar refractivity (Wildman–Crippen MR) is 441 cm³/mol. The zero-order valence-electron chi connectivity index (χ0n) is 55.9. The molecule has 0 aliphatic carbocycles. The minimum absolute atomic E-state index is 0.672. The topological polar surface area (TPSA) is 106 Å². The first-order chi connectivity index (χ1) is 52.0. The van der Waals surface area contributed by atoms with Gasteiger partial charge < -0.3 is 19.0 Å². The summed E-state index contributed by atoms with van der Waals surface area (Å²) >= 11 is 3.72. The quantitative estimate of drug-likeness (QED) is 0.173. The van der Waals surface area contributed by atoms with E-state index in [9.17, 15) is 0 Å². The summed E-state index contributed by atoms with van der Waals surface area (Å²) in [4.78, 5) is 28.1. The molecule has 0 aliphatic rings. The van der Waals surface area contributed by atoms with E-state index in [1.807, 2.05) is 65.1 Å². The van der Waals surface area contributed by atoms with Crippen molar-refractivity contribution in [2.24, 2.45) is 0 Å². The van der Waals surface area contributed by atoms with Crippen LogP contribution in [0.1, 0.15) is 0 Å². The van der Waals surface area contributed by atoms with E-state index in [4.69, 9.17) is 24.4 Å². The number of para-hydroxylation sites is 6. The number of fused-ring (bicyclic) bond motifs is 25. The van der Waals surface area contributed by atoms with Crippen molar-refractivity contribution in [3.05, 3.63) is 315 Å². The number of thiophene rings is 2. The average Bonchev–Trinajstić information content (AvgIpc) is 1.54. The van der Waals surface area contributed by atoms with Crippen molar-refractivity contribution in [1.82, 2.24) is 39.0 Å². The van der Waals surface area contributed by atoms with Gasteiger partial charge in [0.05, 0.1) is 53.7 Å². The Bertz CT molecular complexity index is 7800. The number of hydrogen-bond acceptors (Lipinski definition) is 7. The molecule has 9 nitrogen and oxygen atoms in total. The normalized spacial score (nSPS) is 12.2. The molecule has 0 saturated carbocycles. The number of nitrogens with one attached hydrogen (secondary N) is 2. The van der Waals surface area contributed by atoms with Crippen LogP contribution in [0.25, 0.3) is 228 Å². The molecule has 0 radical (unpaired) electrons. The minimum Gasteiger partial charge on any atom is -0.450 e. The Morgan fingerprint density at radius 2 is 0.838 bits per heavy atom. The van der Waals surface area contributed by atoms with E-state index in [0.29, 0.717) is 11.4 Å². The molecule has 0 atom stereocenters. The van der Waals surface area contributed by atoms with Crippen molar-refractivity contribution in [2.75, 3.05) is 0 Å². The molecule has 24 rings (SSSR count). The van der Waals surface area contributed by atoms with Crippen LogP contribution in [-0.2, 0) is 0 Å². The Hall–Kier alpha value is -13.6. The molecule has 2 N–H and O–H groups in total. The van der Waals surface area contributed by atoms with Crippen molar-refractivity contribution in [1.29, 1.82) is 0 Å². The molecular weight excluding hydrogens is 1320 g/mol. The van der Waals surface area contributed by atoms with E-state index in [0.717, 1.165) is 106 Å². The molecule has 488 valence electrons. The van der Waals surface area contributed by atoms with Crippen LogP contribution in [0.15, 0.2) is 320 Å². The maximum absolute atomic E-state index is 6.65. The number of benzene rings is 15. The highest BCUT2D eigenvalue weighted by Crippen LogP contribution is 2.48. The smallest absolute Gasteiger partial charge is 0.197 e. The minimum atomic E-state index is 0.672. The van der Waals surface area contributed by atoms with E-state index in [-0.39, 0.29) is 0 Å². The van der Waals surface area contributed by atoms with Gasteiger partial charge in [0.15, 0.2) is 23.0 Å². The summed E-state index contributed by atoms with van der Waals surface area (Å²) < 4.78 is 16.5. The highest BCUT2D eigenvalue weighted by molar-refractivity contribution is 7.27. The molecule has 105 heavy (non-hydrogen) atoms. The fraction of sp³-hybridized carbons (Fsp3) is 0. The van der Waals surface area contributed by atoms with Crippen LogP contribution in [-0.4, -0.2) is 39.0 Å². The molecule has 0 bridgehead atoms. The Balaban J connectivity index is 0.000000129. The zero-order valence-corrected chi connectivity index (χ0v) is 57.6. The van der Waals surface area contributed by atoms with Crippen LogP contribution in [0.5, 0.6) is 0 Å². The summed E-state index contributed by atoms with van der Waals surface area (Å²) in [5.41, 5.74) is 20.0. The molecule has 11 heteroatoms. The van der Waals surface area contributed by atoms with Crippen LogP contribution < -0.4 is 0 Å². The summed E-state index contributed by atoms with van der Waals surface area (Å²) in [6, 6.07) is 112. The van der Waals surface area contributed by atoms with Crippen LogP contribution in [0.2, 0.25) is 0 Å².